The van der Waals surface area contributed by atoms with Crippen molar-refractivity contribution in [3.05, 3.63) is 24.0 Å². The predicted molar refractivity (Wildman–Crippen MR) is 75.9 cm³/mol. The zero-order valence-electron chi connectivity index (χ0n) is 11.4. The number of hydrogen-bond donors (Lipinski definition) is 3. The number of amides is 1. The van der Waals surface area contributed by atoms with E-state index in [-0.39, 0.29) is 5.91 Å². The van der Waals surface area contributed by atoms with Gasteiger partial charge in [0.1, 0.15) is 5.82 Å². The first-order valence-electron chi connectivity index (χ1n) is 6.82. The first-order chi connectivity index (χ1) is 9.78. The van der Waals surface area contributed by atoms with Crippen LogP contribution in [-0.4, -0.2) is 46.7 Å². The second-order valence-corrected chi connectivity index (χ2v) is 4.89. The molecule has 0 aliphatic carbocycles. The van der Waals surface area contributed by atoms with E-state index < -0.39 is 0 Å². The molecule has 2 aromatic rings. The number of rotatable bonds is 4. The molecular weight excluding hydrogens is 256 g/mol. The van der Waals surface area contributed by atoms with Crippen molar-refractivity contribution < 1.29 is 4.79 Å². The highest BCUT2D eigenvalue weighted by atomic mass is 16.1. The molecule has 1 aliphatic heterocycles. The largest absolute Gasteiger partial charge is 0.367 e. The van der Waals surface area contributed by atoms with Crippen LogP contribution < -0.4 is 16.0 Å². The number of aromatic nitrogens is 3. The summed E-state index contributed by atoms with van der Waals surface area (Å²) in [4.78, 5) is 15.9. The van der Waals surface area contributed by atoms with Crippen LogP contribution in [0.1, 0.15) is 23.3 Å². The molecule has 0 bridgehead atoms. The molecule has 1 aliphatic rings. The molecule has 3 rings (SSSR count). The summed E-state index contributed by atoms with van der Waals surface area (Å²) >= 11 is 0. The maximum Gasteiger partial charge on any atom is 0.271 e. The summed E-state index contributed by atoms with van der Waals surface area (Å²) in [6.45, 7) is 1.92. The van der Waals surface area contributed by atoms with Crippen LogP contribution in [-0.2, 0) is 0 Å². The van der Waals surface area contributed by atoms with Gasteiger partial charge in [-0.2, -0.15) is 0 Å². The number of carbonyl (C=O) groups excluding carboxylic acids is 1. The average molecular weight is 274 g/mol. The van der Waals surface area contributed by atoms with E-state index in [4.69, 9.17) is 0 Å². The van der Waals surface area contributed by atoms with Gasteiger partial charge in [-0.25, -0.2) is 9.50 Å². The van der Waals surface area contributed by atoms with Crippen molar-refractivity contribution in [1.29, 1.82) is 0 Å². The Bertz CT molecular complexity index is 616. The lowest BCUT2D eigenvalue weighted by Crippen LogP contribution is -2.29. The summed E-state index contributed by atoms with van der Waals surface area (Å²) in [6.07, 6.45) is 3.94. The van der Waals surface area contributed by atoms with Crippen LogP contribution in [0.2, 0.25) is 0 Å². The molecule has 3 N–H and O–H groups in total. The predicted octanol–water partition coefficient (Wildman–Crippen LogP) is 0.253. The Kier molecular flexibility index (Phi) is 3.51. The molecule has 0 radical (unpaired) electrons. The van der Waals surface area contributed by atoms with Crippen LogP contribution in [0.25, 0.3) is 5.65 Å². The van der Waals surface area contributed by atoms with E-state index in [1.807, 2.05) is 12.1 Å². The highest BCUT2D eigenvalue weighted by Gasteiger charge is 2.15. The number of fused-ring (bicyclic) bond motifs is 1. The van der Waals surface area contributed by atoms with Gasteiger partial charge >= 0.3 is 0 Å². The molecule has 20 heavy (non-hydrogen) atoms. The molecule has 3 heterocycles. The Hall–Kier alpha value is -2.15. The third kappa shape index (κ3) is 2.44. The van der Waals surface area contributed by atoms with Gasteiger partial charge in [-0.3, -0.25) is 4.79 Å². The third-order valence-electron chi connectivity index (χ3n) is 3.51. The van der Waals surface area contributed by atoms with Gasteiger partial charge < -0.3 is 16.0 Å². The molecule has 0 saturated carbocycles. The Labute approximate surface area is 116 Å². The topological polar surface area (TPSA) is 83.3 Å². The minimum absolute atomic E-state index is 0.195. The van der Waals surface area contributed by atoms with Crippen molar-refractivity contribution in [2.45, 2.75) is 18.9 Å². The number of carbonyl (C=O) groups is 1. The highest BCUT2D eigenvalue weighted by Crippen LogP contribution is 2.11. The lowest BCUT2D eigenvalue weighted by atomic mass is 10.2. The summed E-state index contributed by atoms with van der Waals surface area (Å²) < 4.78 is 1.56. The Morgan fingerprint density at radius 1 is 1.55 bits per heavy atom. The van der Waals surface area contributed by atoms with Gasteiger partial charge in [-0.05, 0) is 31.5 Å². The van der Waals surface area contributed by atoms with E-state index in [1.165, 1.54) is 19.0 Å². The van der Waals surface area contributed by atoms with Crippen LogP contribution >= 0.6 is 0 Å². The maximum atomic E-state index is 11.7. The summed E-state index contributed by atoms with van der Waals surface area (Å²) in [5.41, 5.74) is 1.10. The van der Waals surface area contributed by atoms with E-state index in [2.05, 4.69) is 26.0 Å². The molecule has 0 spiro atoms. The monoisotopic (exact) mass is 274 g/mol. The minimum atomic E-state index is -0.195. The van der Waals surface area contributed by atoms with Crippen LogP contribution in [0, 0.1) is 0 Å². The van der Waals surface area contributed by atoms with E-state index in [1.54, 1.807) is 11.6 Å². The summed E-state index contributed by atoms with van der Waals surface area (Å²) in [5.74, 6) is 0.550. The van der Waals surface area contributed by atoms with Gasteiger partial charge in [0.05, 0.1) is 6.20 Å². The fraction of sp³-hybridized carbons (Fsp3) is 0.462. The van der Waals surface area contributed by atoms with Crippen LogP contribution in [0.5, 0.6) is 0 Å². The van der Waals surface area contributed by atoms with Gasteiger partial charge in [0.2, 0.25) is 0 Å². The molecule has 1 atom stereocenters. The first-order valence-corrected chi connectivity index (χ1v) is 6.82. The minimum Gasteiger partial charge on any atom is -0.367 e. The molecule has 106 valence electrons. The standard InChI is InChI=1S/C13H18N6O/c1-14-13(20)10-8-17-12-5-4-11(18-19(10)12)16-7-9-3-2-6-15-9/h4-5,8-9,15H,2-3,6-7H2,1H3,(H,14,20)(H,16,18)/t9-/m0/s1. The van der Waals surface area contributed by atoms with Crippen LogP contribution in [0.15, 0.2) is 18.3 Å². The van der Waals surface area contributed by atoms with E-state index in [0.29, 0.717) is 17.4 Å². The third-order valence-corrected chi connectivity index (χ3v) is 3.51. The molecule has 7 nitrogen and oxygen atoms in total. The number of imidazole rings is 1. The zero-order valence-corrected chi connectivity index (χ0v) is 11.4. The second-order valence-electron chi connectivity index (χ2n) is 4.89. The van der Waals surface area contributed by atoms with Gasteiger partial charge in [-0.1, -0.05) is 0 Å². The van der Waals surface area contributed by atoms with Crippen molar-refractivity contribution in [3.8, 4) is 0 Å². The highest BCUT2D eigenvalue weighted by molar-refractivity contribution is 5.92. The van der Waals surface area contributed by atoms with E-state index >= 15 is 0 Å². The Morgan fingerprint density at radius 2 is 2.45 bits per heavy atom. The first kappa shape index (κ1) is 12.9. The van der Waals surface area contributed by atoms with Gasteiger partial charge in [0.15, 0.2) is 11.3 Å². The van der Waals surface area contributed by atoms with Crippen molar-refractivity contribution in [2.75, 3.05) is 25.5 Å². The molecule has 7 heteroatoms. The Balaban J connectivity index is 1.79. The van der Waals surface area contributed by atoms with Gasteiger partial charge in [-0.15, -0.1) is 5.10 Å². The van der Waals surface area contributed by atoms with Crippen molar-refractivity contribution in [2.24, 2.45) is 0 Å². The fourth-order valence-electron chi connectivity index (χ4n) is 2.41. The number of nitrogens with zero attached hydrogens (tertiary/aromatic N) is 3. The average Bonchev–Trinajstić information content (AvgIpc) is 3.13. The lowest BCUT2D eigenvalue weighted by Gasteiger charge is -2.12. The molecular formula is C13H18N6O. The second kappa shape index (κ2) is 5.46. The van der Waals surface area contributed by atoms with Crippen LogP contribution in [0.3, 0.4) is 0 Å². The summed E-state index contributed by atoms with van der Waals surface area (Å²) in [5, 5.41) is 13.7. The number of nitrogens with one attached hydrogen (secondary N) is 3. The maximum absolute atomic E-state index is 11.7. The van der Waals surface area contributed by atoms with E-state index in [0.717, 1.165) is 18.9 Å². The quantitative estimate of drug-likeness (QED) is 0.744. The summed E-state index contributed by atoms with van der Waals surface area (Å²) in [7, 11) is 1.59. The molecule has 1 fully saturated rings. The molecule has 2 aromatic heterocycles. The summed E-state index contributed by atoms with van der Waals surface area (Å²) in [6, 6.07) is 4.23. The smallest absolute Gasteiger partial charge is 0.271 e. The molecule has 0 aromatic carbocycles. The molecule has 0 unspecified atom stereocenters. The van der Waals surface area contributed by atoms with Gasteiger partial charge in [0, 0.05) is 19.6 Å². The van der Waals surface area contributed by atoms with Crippen molar-refractivity contribution >= 4 is 17.4 Å². The van der Waals surface area contributed by atoms with E-state index in [9.17, 15) is 4.79 Å². The molecule has 1 amide bonds. The van der Waals surface area contributed by atoms with Crippen LogP contribution in [0.4, 0.5) is 5.82 Å². The lowest BCUT2D eigenvalue weighted by molar-refractivity contribution is 0.0956. The normalized spacial score (nSPS) is 18.4. The van der Waals surface area contributed by atoms with Crippen molar-refractivity contribution in [1.82, 2.24) is 25.2 Å². The Morgan fingerprint density at radius 3 is 3.20 bits per heavy atom. The zero-order chi connectivity index (χ0) is 13.9. The van der Waals surface area contributed by atoms with Crippen molar-refractivity contribution in [3.63, 3.8) is 0 Å². The molecule has 1 saturated heterocycles. The number of hydrogen-bond acceptors (Lipinski definition) is 5. The SMILES string of the molecule is CNC(=O)c1cnc2ccc(NC[C@@H]3CCCN3)nn12. The fourth-order valence-corrected chi connectivity index (χ4v) is 2.41. The van der Waals surface area contributed by atoms with Gasteiger partial charge in [0.25, 0.3) is 5.91 Å². The number of anilines is 1.